The van der Waals surface area contributed by atoms with Gasteiger partial charge in [-0.3, -0.25) is 0 Å². The van der Waals surface area contributed by atoms with Gasteiger partial charge in [0.2, 0.25) is 0 Å². The van der Waals surface area contributed by atoms with Crippen molar-refractivity contribution in [2.45, 2.75) is 13.0 Å². The molecule has 0 radical (unpaired) electrons. The number of nitriles is 1. The third-order valence-electron chi connectivity index (χ3n) is 3.72. The minimum Gasteiger partial charge on any atom is -0.395 e. The van der Waals surface area contributed by atoms with E-state index >= 15 is 0 Å². The third-order valence-corrected chi connectivity index (χ3v) is 3.72. The Balaban J connectivity index is 2.08. The Morgan fingerprint density at radius 3 is 2.52 bits per heavy atom. The van der Waals surface area contributed by atoms with Gasteiger partial charge in [-0.05, 0) is 43.3 Å². The quantitative estimate of drug-likeness (QED) is 0.859. The highest BCUT2D eigenvalue weighted by atomic mass is 19.1. The highest BCUT2D eigenvalue weighted by Crippen LogP contribution is 2.24. The van der Waals surface area contributed by atoms with Crippen LogP contribution in [-0.4, -0.2) is 25.3 Å². The lowest BCUT2D eigenvalue weighted by Crippen LogP contribution is -2.20. The largest absolute Gasteiger partial charge is 0.395 e. The number of hydrogen-bond donors (Lipinski definition) is 2. The van der Waals surface area contributed by atoms with Gasteiger partial charge in [0, 0.05) is 30.5 Å². The van der Waals surface area contributed by atoms with Crippen molar-refractivity contribution in [2.24, 2.45) is 0 Å². The number of aliphatic hydroxyl groups excluding tert-OH is 1. The Bertz CT molecular complexity index is 694. The molecule has 5 heteroatoms. The molecule has 0 saturated heterocycles. The van der Waals surface area contributed by atoms with Gasteiger partial charge in [-0.25, -0.2) is 4.39 Å². The summed E-state index contributed by atoms with van der Waals surface area (Å²) >= 11 is 0. The summed E-state index contributed by atoms with van der Waals surface area (Å²) in [5.74, 6) is -0.386. The number of nitrogens with one attached hydrogen (secondary N) is 1. The van der Waals surface area contributed by atoms with Crippen LogP contribution in [0.15, 0.2) is 42.5 Å². The predicted molar refractivity (Wildman–Crippen MR) is 90.0 cm³/mol. The molecule has 0 aliphatic rings. The first kappa shape index (κ1) is 16.8. The zero-order valence-corrected chi connectivity index (χ0v) is 13.3. The normalized spacial score (nSPS) is 11.6. The Kier molecular flexibility index (Phi) is 5.56. The Morgan fingerprint density at radius 2 is 1.96 bits per heavy atom. The van der Waals surface area contributed by atoms with E-state index in [1.165, 1.54) is 6.07 Å². The van der Waals surface area contributed by atoms with Crippen molar-refractivity contribution >= 4 is 11.4 Å². The zero-order chi connectivity index (χ0) is 16.8. The monoisotopic (exact) mass is 313 g/mol. The van der Waals surface area contributed by atoms with Crippen LogP contribution < -0.4 is 10.2 Å². The van der Waals surface area contributed by atoms with Gasteiger partial charge in [0.25, 0.3) is 0 Å². The molecule has 0 aliphatic heterocycles. The number of halogens is 1. The molecule has 0 saturated carbocycles. The number of likely N-dealkylation sites (N-methyl/N-ethyl adjacent to an activating group) is 1. The van der Waals surface area contributed by atoms with Crippen molar-refractivity contribution < 1.29 is 9.50 Å². The highest BCUT2D eigenvalue weighted by molar-refractivity contribution is 5.55. The van der Waals surface area contributed by atoms with E-state index in [0.29, 0.717) is 17.7 Å². The second kappa shape index (κ2) is 7.61. The smallest absolute Gasteiger partial charge is 0.129 e. The average Bonchev–Trinajstić information content (AvgIpc) is 2.55. The summed E-state index contributed by atoms with van der Waals surface area (Å²) in [5.41, 5.74) is 2.71. The molecular weight excluding hydrogens is 293 g/mol. The topological polar surface area (TPSA) is 59.3 Å². The molecule has 2 N–H and O–H groups in total. The molecule has 0 aromatic heterocycles. The van der Waals surface area contributed by atoms with Gasteiger partial charge in [-0.2, -0.15) is 5.26 Å². The van der Waals surface area contributed by atoms with E-state index in [9.17, 15) is 4.39 Å². The lowest BCUT2D eigenvalue weighted by Gasteiger charge is -2.20. The minimum atomic E-state index is -0.386. The van der Waals surface area contributed by atoms with Crippen LogP contribution in [0.1, 0.15) is 24.1 Å². The first-order valence-electron chi connectivity index (χ1n) is 7.43. The predicted octanol–water partition coefficient (Wildman–Crippen LogP) is 3.30. The molecule has 1 unspecified atom stereocenters. The lowest BCUT2D eigenvalue weighted by atomic mass is 10.1. The first-order chi connectivity index (χ1) is 11.0. The fraction of sp³-hybridized carbons (Fsp3) is 0.278. The van der Waals surface area contributed by atoms with Gasteiger partial charge in [-0.1, -0.05) is 6.07 Å². The Hall–Kier alpha value is -2.58. The van der Waals surface area contributed by atoms with Crippen molar-refractivity contribution in [1.29, 1.82) is 5.26 Å². The summed E-state index contributed by atoms with van der Waals surface area (Å²) in [6.45, 7) is 2.54. The molecule has 120 valence electrons. The maximum atomic E-state index is 14.0. The zero-order valence-electron chi connectivity index (χ0n) is 13.3. The van der Waals surface area contributed by atoms with Gasteiger partial charge in [-0.15, -0.1) is 0 Å². The molecule has 0 bridgehead atoms. The van der Waals surface area contributed by atoms with Crippen LogP contribution in [0.4, 0.5) is 15.8 Å². The van der Waals surface area contributed by atoms with Crippen LogP contribution in [0.5, 0.6) is 0 Å². The molecule has 23 heavy (non-hydrogen) atoms. The molecular formula is C18H20FN3O. The van der Waals surface area contributed by atoms with Crippen molar-refractivity contribution in [2.75, 3.05) is 30.4 Å². The second-order valence-corrected chi connectivity index (χ2v) is 5.41. The van der Waals surface area contributed by atoms with E-state index in [4.69, 9.17) is 10.4 Å². The maximum Gasteiger partial charge on any atom is 0.129 e. The Labute approximate surface area is 135 Å². The van der Waals surface area contributed by atoms with Gasteiger partial charge in [0.15, 0.2) is 0 Å². The first-order valence-corrected chi connectivity index (χ1v) is 7.43. The standard InChI is InChI=1S/C18H20FN3O/c1-13(17-8-3-14(12-20)11-18(17)19)21-15-4-6-16(7-5-15)22(2)9-10-23/h3-8,11,13,21,23H,9-10H2,1-2H3. The average molecular weight is 313 g/mol. The molecule has 4 nitrogen and oxygen atoms in total. The second-order valence-electron chi connectivity index (χ2n) is 5.41. The SMILES string of the molecule is CC(Nc1ccc(N(C)CCO)cc1)c1ccc(C#N)cc1F. The van der Waals surface area contributed by atoms with E-state index in [1.807, 2.05) is 49.2 Å². The van der Waals surface area contributed by atoms with E-state index < -0.39 is 0 Å². The summed E-state index contributed by atoms with van der Waals surface area (Å²) in [6, 6.07) is 13.9. The van der Waals surface area contributed by atoms with Crippen molar-refractivity contribution in [3.63, 3.8) is 0 Å². The molecule has 2 rings (SSSR count). The van der Waals surface area contributed by atoms with Crippen LogP contribution in [-0.2, 0) is 0 Å². The molecule has 0 aliphatic carbocycles. The maximum absolute atomic E-state index is 14.0. The van der Waals surface area contributed by atoms with Crippen LogP contribution in [0.25, 0.3) is 0 Å². The molecule has 1 atom stereocenters. The van der Waals surface area contributed by atoms with Crippen LogP contribution in [0, 0.1) is 17.1 Å². The molecule has 2 aromatic carbocycles. The number of nitrogens with zero attached hydrogens (tertiary/aromatic N) is 2. The number of anilines is 2. The Morgan fingerprint density at radius 1 is 1.26 bits per heavy atom. The molecule has 0 heterocycles. The fourth-order valence-corrected chi connectivity index (χ4v) is 2.37. The van der Waals surface area contributed by atoms with Gasteiger partial charge >= 0.3 is 0 Å². The third kappa shape index (κ3) is 4.21. The van der Waals surface area contributed by atoms with Crippen molar-refractivity contribution in [3.05, 3.63) is 59.4 Å². The number of aliphatic hydroxyl groups is 1. The van der Waals surface area contributed by atoms with Crippen molar-refractivity contribution in [1.82, 2.24) is 0 Å². The van der Waals surface area contributed by atoms with Gasteiger partial charge in [0.1, 0.15) is 5.82 Å². The molecule has 0 fully saturated rings. The summed E-state index contributed by atoms with van der Waals surface area (Å²) in [5, 5.41) is 21.0. The summed E-state index contributed by atoms with van der Waals surface area (Å²) in [4.78, 5) is 1.95. The van der Waals surface area contributed by atoms with E-state index in [1.54, 1.807) is 12.1 Å². The number of hydrogen-bond acceptors (Lipinski definition) is 4. The fourth-order valence-electron chi connectivity index (χ4n) is 2.37. The number of rotatable bonds is 6. The summed E-state index contributed by atoms with van der Waals surface area (Å²) < 4.78 is 14.0. The van der Waals surface area contributed by atoms with Crippen molar-refractivity contribution in [3.8, 4) is 6.07 Å². The van der Waals surface area contributed by atoms with E-state index in [0.717, 1.165) is 11.4 Å². The van der Waals surface area contributed by atoms with Gasteiger partial charge < -0.3 is 15.3 Å². The van der Waals surface area contributed by atoms with Gasteiger partial charge in [0.05, 0.1) is 24.3 Å². The van der Waals surface area contributed by atoms with Crippen LogP contribution in [0.2, 0.25) is 0 Å². The van der Waals surface area contributed by atoms with E-state index in [-0.39, 0.29) is 18.5 Å². The minimum absolute atomic E-state index is 0.103. The lowest BCUT2D eigenvalue weighted by molar-refractivity contribution is 0.304. The van der Waals surface area contributed by atoms with Crippen LogP contribution >= 0.6 is 0 Å². The van der Waals surface area contributed by atoms with Crippen LogP contribution in [0.3, 0.4) is 0 Å². The van der Waals surface area contributed by atoms with E-state index in [2.05, 4.69) is 5.32 Å². The summed E-state index contributed by atoms with van der Waals surface area (Å²) in [6.07, 6.45) is 0. The molecule has 0 amide bonds. The highest BCUT2D eigenvalue weighted by Gasteiger charge is 2.11. The number of benzene rings is 2. The molecule has 2 aromatic rings. The molecule has 0 spiro atoms. The summed E-state index contributed by atoms with van der Waals surface area (Å²) in [7, 11) is 1.91.